The molecule has 1 aliphatic rings. The van der Waals surface area contributed by atoms with Crippen LogP contribution in [0.4, 0.5) is 0 Å². The van der Waals surface area contributed by atoms with Crippen LogP contribution in [0.5, 0.6) is 0 Å². The molecule has 1 fully saturated rings. The van der Waals surface area contributed by atoms with Crippen LogP contribution in [0.2, 0.25) is 5.02 Å². The van der Waals surface area contributed by atoms with Gasteiger partial charge in [-0.2, -0.15) is 0 Å². The van der Waals surface area contributed by atoms with Gasteiger partial charge in [-0.3, -0.25) is 14.2 Å². The average molecular weight is 406 g/mol. The molecule has 0 N–H and O–H groups in total. The average Bonchev–Trinajstić information content (AvgIpc) is 2.62. The van der Waals surface area contributed by atoms with E-state index < -0.39 is 0 Å². The smallest absolute Gasteiger partial charge is 0.262 e. The van der Waals surface area contributed by atoms with E-state index in [4.69, 9.17) is 11.6 Å². The Balaban J connectivity index is 1.89. The van der Waals surface area contributed by atoms with Gasteiger partial charge in [-0.1, -0.05) is 29.4 Å². The Morgan fingerprint density at radius 1 is 1.37 bits per heavy atom. The maximum Gasteiger partial charge on any atom is 0.262 e. The summed E-state index contributed by atoms with van der Waals surface area (Å²) in [6, 6.07) is 5.54. The van der Waals surface area contributed by atoms with E-state index in [1.807, 2.05) is 4.90 Å². The van der Waals surface area contributed by atoms with E-state index >= 15 is 0 Å². The van der Waals surface area contributed by atoms with Crippen molar-refractivity contribution in [2.75, 3.05) is 5.75 Å². The highest BCUT2D eigenvalue weighted by Crippen LogP contribution is 2.25. The van der Waals surface area contributed by atoms with E-state index in [0.717, 1.165) is 19.3 Å². The second-order valence-corrected chi connectivity index (χ2v) is 8.36. The Kier molecular flexibility index (Phi) is 6.27. The van der Waals surface area contributed by atoms with E-state index in [1.165, 1.54) is 11.8 Å². The van der Waals surface area contributed by atoms with Gasteiger partial charge in [-0.15, -0.1) is 6.58 Å². The first-order chi connectivity index (χ1) is 12.9. The number of halogens is 1. The molecular formula is C20H24ClN3O2S. The number of aromatic nitrogens is 2. The zero-order chi connectivity index (χ0) is 19.6. The minimum absolute atomic E-state index is 0.0882. The van der Waals surface area contributed by atoms with E-state index in [-0.39, 0.29) is 29.3 Å². The quantitative estimate of drug-likeness (QED) is 0.426. The molecule has 0 spiro atoms. The molecule has 5 nitrogen and oxygen atoms in total. The number of rotatable bonds is 5. The fraction of sp³-hybridized carbons (Fsp3) is 0.450. The molecule has 0 saturated carbocycles. The molecular weight excluding hydrogens is 382 g/mol. The van der Waals surface area contributed by atoms with E-state index in [9.17, 15) is 9.59 Å². The molecule has 1 saturated heterocycles. The Labute approximate surface area is 168 Å². The van der Waals surface area contributed by atoms with Crippen molar-refractivity contribution in [3.05, 3.63) is 46.2 Å². The van der Waals surface area contributed by atoms with E-state index in [2.05, 4.69) is 25.4 Å². The first-order valence-corrected chi connectivity index (χ1v) is 10.5. The maximum atomic E-state index is 12.8. The molecule has 2 unspecified atom stereocenters. The van der Waals surface area contributed by atoms with E-state index in [1.54, 1.807) is 28.8 Å². The van der Waals surface area contributed by atoms with Crippen molar-refractivity contribution < 1.29 is 4.79 Å². The molecule has 2 heterocycles. The SMILES string of the molecule is C=CCn1c(SCC(=O)N2C(C)CCCC2C)nc2cc(Cl)ccc2c1=O. The molecule has 144 valence electrons. The fourth-order valence-electron chi connectivity index (χ4n) is 3.69. The van der Waals surface area contributed by atoms with Gasteiger partial charge in [0.1, 0.15) is 0 Å². The predicted octanol–water partition coefficient (Wildman–Crippen LogP) is 4.12. The van der Waals surface area contributed by atoms with Crippen LogP contribution in [0, 0.1) is 0 Å². The number of carbonyl (C=O) groups is 1. The molecule has 0 aliphatic carbocycles. The van der Waals surface area contributed by atoms with Crippen LogP contribution in [-0.4, -0.2) is 38.2 Å². The lowest BCUT2D eigenvalue weighted by molar-refractivity contribution is -0.134. The number of carbonyl (C=O) groups excluding carboxylic acids is 1. The van der Waals surface area contributed by atoms with E-state index in [0.29, 0.717) is 27.6 Å². The number of allylic oxidation sites excluding steroid dienone is 1. The van der Waals surface area contributed by atoms with Crippen molar-refractivity contribution in [2.45, 2.75) is 56.9 Å². The standard InChI is InChI=1S/C20H24ClN3O2S/c1-4-10-23-19(26)16-9-8-15(21)11-17(16)22-20(23)27-12-18(25)24-13(2)6-5-7-14(24)3/h4,8-9,11,13-14H,1,5-7,10,12H2,2-3H3. The molecule has 2 atom stereocenters. The maximum absolute atomic E-state index is 12.8. The molecule has 1 aromatic carbocycles. The third kappa shape index (κ3) is 4.22. The number of amides is 1. The molecule has 3 rings (SSSR count). The molecule has 2 aromatic rings. The number of hydrogen-bond acceptors (Lipinski definition) is 4. The highest BCUT2D eigenvalue weighted by atomic mass is 35.5. The molecule has 1 aromatic heterocycles. The number of hydrogen-bond donors (Lipinski definition) is 0. The first-order valence-electron chi connectivity index (χ1n) is 9.17. The summed E-state index contributed by atoms with van der Waals surface area (Å²) in [7, 11) is 0. The summed E-state index contributed by atoms with van der Waals surface area (Å²) < 4.78 is 1.56. The van der Waals surface area contributed by atoms with Gasteiger partial charge in [-0.25, -0.2) is 4.98 Å². The van der Waals surface area contributed by atoms with Gasteiger partial charge >= 0.3 is 0 Å². The monoisotopic (exact) mass is 405 g/mol. The van der Waals surface area contributed by atoms with Crippen molar-refractivity contribution in [2.24, 2.45) is 0 Å². The van der Waals surface area contributed by atoms with Crippen LogP contribution < -0.4 is 5.56 Å². The summed E-state index contributed by atoms with van der Waals surface area (Å²) in [5, 5.41) is 1.55. The van der Waals surface area contributed by atoms with Crippen LogP contribution in [0.1, 0.15) is 33.1 Å². The summed E-state index contributed by atoms with van der Waals surface area (Å²) in [5.74, 6) is 0.343. The van der Waals surface area contributed by atoms with Crippen molar-refractivity contribution in [1.82, 2.24) is 14.5 Å². The van der Waals surface area contributed by atoms with Gasteiger partial charge in [0.05, 0.1) is 16.7 Å². The second kappa shape index (κ2) is 8.48. The minimum atomic E-state index is -0.147. The fourth-order valence-corrected chi connectivity index (χ4v) is 4.73. The number of likely N-dealkylation sites (tertiary alicyclic amines) is 1. The van der Waals surface area contributed by atoms with Gasteiger partial charge < -0.3 is 4.90 Å². The Bertz CT molecular complexity index is 917. The lowest BCUT2D eigenvalue weighted by Crippen LogP contribution is -2.48. The van der Waals surface area contributed by atoms with Gasteiger partial charge in [-0.05, 0) is 51.3 Å². The highest BCUT2D eigenvalue weighted by molar-refractivity contribution is 7.99. The number of nitrogens with zero attached hydrogens (tertiary/aromatic N) is 3. The van der Waals surface area contributed by atoms with Crippen LogP contribution >= 0.6 is 23.4 Å². The summed E-state index contributed by atoms with van der Waals surface area (Å²) in [5.41, 5.74) is 0.397. The third-order valence-electron chi connectivity index (χ3n) is 5.00. The molecule has 7 heteroatoms. The Morgan fingerprint density at radius 2 is 2.07 bits per heavy atom. The summed E-state index contributed by atoms with van der Waals surface area (Å²) >= 11 is 7.35. The predicted molar refractivity (Wildman–Crippen MR) is 112 cm³/mol. The first kappa shape index (κ1) is 20.0. The van der Waals surface area contributed by atoms with Crippen molar-refractivity contribution in [1.29, 1.82) is 0 Å². The third-order valence-corrected chi connectivity index (χ3v) is 6.20. The highest BCUT2D eigenvalue weighted by Gasteiger charge is 2.29. The topological polar surface area (TPSA) is 55.2 Å². The minimum Gasteiger partial charge on any atom is -0.337 e. The number of fused-ring (bicyclic) bond motifs is 1. The Morgan fingerprint density at radius 3 is 2.74 bits per heavy atom. The van der Waals surface area contributed by atoms with Crippen LogP contribution in [-0.2, 0) is 11.3 Å². The number of benzene rings is 1. The number of piperidine rings is 1. The van der Waals surface area contributed by atoms with Crippen molar-refractivity contribution >= 4 is 40.2 Å². The summed E-state index contributed by atoms with van der Waals surface area (Å²) in [4.78, 5) is 32.2. The number of thioether (sulfide) groups is 1. The molecule has 0 bridgehead atoms. The van der Waals surface area contributed by atoms with Crippen molar-refractivity contribution in [3.63, 3.8) is 0 Å². The Hall–Kier alpha value is -1.79. The zero-order valence-electron chi connectivity index (χ0n) is 15.7. The molecule has 0 radical (unpaired) electrons. The normalized spacial score (nSPS) is 20.0. The lowest BCUT2D eigenvalue weighted by Gasteiger charge is -2.39. The van der Waals surface area contributed by atoms with Gasteiger partial charge in [0.25, 0.3) is 5.56 Å². The van der Waals surface area contributed by atoms with Gasteiger partial charge in [0.15, 0.2) is 5.16 Å². The summed E-state index contributed by atoms with van der Waals surface area (Å²) in [6.07, 6.45) is 4.89. The van der Waals surface area contributed by atoms with Crippen LogP contribution in [0.25, 0.3) is 10.9 Å². The summed E-state index contributed by atoms with van der Waals surface area (Å²) in [6.45, 7) is 8.27. The largest absolute Gasteiger partial charge is 0.337 e. The lowest BCUT2D eigenvalue weighted by atomic mass is 9.98. The van der Waals surface area contributed by atoms with Crippen LogP contribution in [0.3, 0.4) is 0 Å². The molecule has 1 aliphatic heterocycles. The van der Waals surface area contributed by atoms with Crippen LogP contribution in [0.15, 0.2) is 40.8 Å². The van der Waals surface area contributed by atoms with Gasteiger partial charge in [0, 0.05) is 23.7 Å². The second-order valence-electron chi connectivity index (χ2n) is 6.98. The molecule has 27 heavy (non-hydrogen) atoms. The van der Waals surface area contributed by atoms with Crippen molar-refractivity contribution in [3.8, 4) is 0 Å². The zero-order valence-corrected chi connectivity index (χ0v) is 17.2. The molecule has 1 amide bonds. The van der Waals surface area contributed by atoms with Gasteiger partial charge in [0.2, 0.25) is 5.91 Å².